The van der Waals surface area contributed by atoms with Crippen LogP contribution in [0.2, 0.25) is 0 Å². The number of carbonyl (C=O) groups is 1. The van der Waals surface area contributed by atoms with E-state index in [1.54, 1.807) is 11.3 Å². The van der Waals surface area contributed by atoms with E-state index in [2.05, 4.69) is 54.7 Å². The average Bonchev–Trinajstić information content (AvgIpc) is 3.25. The molecule has 0 aliphatic heterocycles. The number of fused-ring (bicyclic) bond motifs is 2. The highest BCUT2D eigenvalue weighted by molar-refractivity contribution is 7.89. The molecule has 1 heterocycles. The number of hydrogen-bond donors (Lipinski definition) is 1. The maximum atomic E-state index is 12.8. The first-order chi connectivity index (χ1) is 13.6. The van der Waals surface area contributed by atoms with E-state index in [1.807, 2.05) is 5.38 Å². The van der Waals surface area contributed by atoms with Gasteiger partial charge in [-0.25, -0.2) is 18.1 Å². The molecule has 5 nitrogen and oxygen atoms in total. The topological polar surface area (TPSA) is 76.1 Å². The summed E-state index contributed by atoms with van der Waals surface area (Å²) in [6, 6.07) is 8.22. The van der Waals surface area contributed by atoms with Gasteiger partial charge in [-0.2, -0.15) is 0 Å². The van der Waals surface area contributed by atoms with Crippen LogP contribution < -0.4 is 4.72 Å². The zero-order valence-corrected chi connectivity index (χ0v) is 18.8. The third-order valence-corrected chi connectivity index (χ3v) is 9.59. The molecule has 1 aromatic carbocycles. The van der Waals surface area contributed by atoms with Crippen molar-refractivity contribution in [2.45, 2.75) is 46.5 Å². The second-order valence-corrected chi connectivity index (χ2v) is 11.7. The smallest absolute Gasteiger partial charge is 0.212 e. The summed E-state index contributed by atoms with van der Waals surface area (Å²) in [4.78, 5) is 17.2. The van der Waals surface area contributed by atoms with Gasteiger partial charge in [0.1, 0.15) is 10.8 Å². The van der Waals surface area contributed by atoms with Crippen molar-refractivity contribution in [2.24, 2.45) is 16.7 Å². The van der Waals surface area contributed by atoms with Gasteiger partial charge in [-0.3, -0.25) is 4.79 Å². The van der Waals surface area contributed by atoms with E-state index in [1.165, 1.54) is 5.56 Å². The number of aryl methyl sites for hydroxylation is 1. The molecule has 1 aromatic heterocycles. The fourth-order valence-corrected chi connectivity index (χ4v) is 7.77. The minimum Gasteiger partial charge on any atom is -0.299 e. The first-order valence-electron chi connectivity index (χ1n) is 10.2. The molecule has 2 atom stereocenters. The molecule has 156 valence electrons. The Bertz CT molecular complexity index is 1020. The monoisotopic (exact) mass is 432 g/mol. The lowest BCUT2D eigenvalue weighted by atomic mass is 9.70. The number of rotatable bonds is 7. The van der Waals surface area contributed by atoms with Gasteiger partial charge in [0.25, 0.3) is 0 Å². The van der Waals surface area contributed by atoms with E-state index in [9.17, 15) is 13.2 Å². The Kier molecular flexibility index (Phi) is 5.20. The molecule has 2 aliphatic rings. The third kappa shape index (κ3) is 3.68. The number of benzene rings is 1. The predicted molar refractivity (Wildman–Crippen MR) is 116 cm³/mol. The molecule has 2 aliphatic carbocycles. The maximum Gasteiger partial charge on any atom is 0.212 e. The summed E-state index contributed by atoms with van der Waals surface area (Å²) in [6.45, 7) is 6.47. The van der Waals surface area contributed by atoms with Gasteiger partial charge in [-0.05, 0) is 31.1 Å². The van der Waals surface area contributed by atoms with Crippen molar-refractivity contribution in [1.29, 1.82) is 0 Å². The molecule has 0 spiro atoms. The van der Waals surface area contributed by atoms with E-state index < -0.39 is 15.4 Å². The van der Waals surface area contributed by atoms with Crippen molar-refractivity contribution < 1.29 is 13.2 Å². The highest BCUT2D eigenvalue weighted by Crippen LogP contribution is 2.64. The van der Waals surface area contributed by atoms with Crippen LogP contribution in [0.25, 0.3) is 10.6 Å². The van der Waals surface area contributed by atoms with E-state index in [-0.39, 0.29) is 17.0 Å². The van der Waals surface area contributed by atoms with Crippen LogP contribution in [0.5, 0.6) is 0 Å². The number of ketones is 1. The Balaban J connectivity index is 1.37. The van der Waals surface area contributed by atoms with Gasteiger partial charge in [0, 0.05) is 35.7 Å². The lowest BCUT2D eigenvalue weighted by molar-refractivity contribution is -0.128. The van der Waals surface area contributed by atoms with E-state index in [0.717, 1.165) is 22.7 Å². The zero-order chi connectivity index (χ0) is 20.9. The number of thiazole rings is 1. The Labute approximate surface area is 177 Å². The Hall–Kier alpha value is -1.57. The first kappa shape index (κ1) is 20.7. The maximum absolute atomic E-state index is 12.8. The standard InChI is InChI=1S/C22H28N2O3S2/c1-15-4-6-16(7-5-15)20-24-18(13-28-20)9-11-23-29(26,27)14-22-10-8-17(12-19(22)25)21(22,2)3/h4-7,13,17,23H,8-12,14H2,1-3H3. The molecular weight excluding hydrogens is 404 g/mol. The zero-order valence-electron chi connectivity index (χ0n) is 17.2. The van der Waals surface area contributed by atoms with Crippen molar-refractivity contribution in [3.05, 3.63) is 40.9 Å². The lowest BCUT2D eigenvalue weighted by Crippen LogP contribution is -2.45. The van der Waals surface area contributed by atoms with Crippen LogP contribution in [0.3, 0.4) is 0 Å². The molecule has 2 aromatic rings. The summed E-state index contributed by atoms with van der Waals surface area (Å²) >= 11 is 1.57. The number of Topliss-reactive ketones (excluding diaryl/α,β-unsaturated/α-hetero) is 1. The summed E-state index contributed by atoms with van der Waals surface area (Å²) in [5.41, 5.74) is 2.20. The van der Waals surface area contributed by atoms with Crippen LogP contribution in [-0.4, -0.2) is 31.5 Å². The van der Waals surface area contributed by atoms with E-state index in [4.69, 9.17) is 0 Å². The molecular formula is C22H28N2O3S2. The number of aromatic nitrogens is 1. The minimum atomic E-state index is -3.53. The number of nitrogens with zero attached hydrogens (tertiary/aromatic N) is 1. The quantitative estimate of drug-likeness (QED) is 0.718. The summed E-state index contributed by atoms with van der Waals surface area (Å²) in [7, 11) is -3.53. The summed E-state index contributed by atoms with van der Waals surface area (Å²) in [6.07, 6.45) is 2.71. The van der Waals surface area contributed by atoms with Gasteiger partial charge in [0.05, 0.1) is 11.4 Å². The van der Waals surface area contributed by atoms with Crippen molar-refractivity contribution in [2.75, 3.05) is 12.3 Å². The van der Waals surface area contributed by atoms with Gasteiger partial charge in [-0.15, -0.1) is 11.3 Å². The van der Waals surface area contributed by atoms with Crippen LogP contribution in [-0.2, 0) is 21.2 Å². The SMILES string of the molecule is Cc1ccc(-c2nc(CCNS(=O)(=O)CC34CCC(CC3=O)C4(C)C)cs2)cc1. The number of carbonyl (C=O) groups excluding carboxylic acids is 1. The molecule has 4 rings (SSSR count). The van der Waals surface area contributed by atoms with Gasteiger partial charge in [-0.1, -0.05) is 43.7 Å². The molecule has 0 amide bonds. The third-order valence-electron chi connectivity index (χ3n) is 7.13. The number of hydrogen-bond acceptors (Lipinski definition) is 5. The Morgan fingerprint density at radius 3 is 2.59 bits per heavy atom. The summed E-state index contributed by atoms with van der Waals surface area (Å²) < 4.78 is 28.3. The van der Waals surface area contributed by atoms with Gasteiger partial charge >= 0.3 is 0 Å². The van der Waals surface area contributed by atoms with Gasteiger partial charge < -0.3 is 0 Å². The van der Waals surface area contributed by atoms with Crippen LogP contribution >= 0.6 is 11.3 Å². The van der Waals surface area contributed by atoms with Crippen molar-refractivity contribution in [3.8, 4) is 10.6 Å². The average molecular weight is 433 g/mol. The Morgan fingerprint density at radius 2 is 1.97 bits per heavy atom. The molecule has 2 fully saturated rings. The normalized spacial score (nSPS) is 25.6. The second kappa shape index (κ2) is 7.29. The summed E-state index contributed by atoms with van der Waals surface area (Å²) in [5, 5.41) is 2.92. The summed E-state index contributed by atoms with van der Waals surface area (Å²) in [5.74, 6) is 0.361. The highest BCUT2D eigenvalue weighted by Gasteiger charge is 2.65. The van der Waals surface area contributed by atoms with Crippen LogP contribution in [0.4, 0.5) is 0 Å². The second-order valence-electron chi connectivity index (χ2n) is 9.08. The number of sulfonamides is 1. The van der Waals surface area contributed by atoms with Crippen LogP contribution in [0.15, 0.2) is 29.6 Å². The first-order valence-corrected chi connectivity index (χ1v) is 12.7. The molecule has 0 saturated heterocycles. The minimum absolute atomic E-state index is 0.0893. The predicted octanol–water partition coefficient (Wildman–Crippen LogP) is 3.98. The lowest BCUT2D eigenvalue weighted by Gasteiger charge is -2.36. The molecule has 2 unspecified atom stereocenters. The molecule has 1 N–H and O–H groups in total. The largest absolute Gasteiger partial charge is 0.299 e. The van der Waals surface area contributed by atoms with Crippen LogP contribution in [0, 0.1) is 23.7 Å². The number of nitrogens with one attached hydrogen (secondary N) is 1. The fraction of sp³-hybridized carbons (Fsp3) is 0.545. The Morgan fingerprint density at radius 1 is 1.24 bits per heavy atom. The van der Waals surface area contributed by atoms with Crippen LogP contribution in [0.1, 0.15) is 44.4 Å². The van der Waals surface area contributed by atoms with Crippen molar-refractivity contribution in [1.82, 2.24) is 9.71 Å². The molecule has 2 bridgehead atoms. The molecule has 29 heavy (non-hydrogen) atoms. The van der Waals surface area contributed by atoms with Gasteiger partial charge in [0.2, 0.25) is 10.0 Å². The fourth-order valence-electron chi connectivity index (χ4n) is 5.07. The van der Waals surface area contributed by atoms with Crippen molar-refractivity contribution in [3.63, 3.8) is 0 Å². The van der Waals surface area contributed by atoms with E-state index >= 15 is 0 Å². The highest BCUT2D eigenvalue weighted by atomic mass is 32.2. The molecule has 2 saturated carbocycles. The molecule has 7 heteroatoms. The van der Waals surface area contributed by atoms with Gasteiger partial charge in [0.15, 0.2) is 0 Å². The molecule has 0 radical (unpaired) electrons. The van der Waals surface area contributed by atoms with Crippen molar-refractivity contribution >= 4 is 27.1 Å². The van der Waals surface area contributed by atoms with E-state index in [0.29, 0.717) is 31.7 Å².